The van der Waals surface area contributed by atoms with Crippen LogP contribution in [0.25, 0.3) is 0 Å². The largest absolute Gasteiger partial charge is 0.369 e. The second kappa shape index (κ2) is 7.19. The van der Waals surface area contributed by atoms with Gasteiger partial charge in [-0.25, -0.2) is 4.98 Å². The van der Waals surface area contributed by atoms with Gasteiger partial charge in [0.25, 0.3) is 0 Å². The molecule has 1 rings (SSSR count). The number of carbonyl (C=O) groups excluding carboxylic acids is 1. The molecule has 0 atom stereocenters. The zero-order chi connectivity index (χ0) is 12.7. The van der Waals surface area contributed by atoms with Crippen LogP contribution in [-0.2, 0) is 11.3 Å². The highest BCUT2D eigenvalue weighted by Gasteiger charge is 2.09. The molecule has 1 aromatic heterocycles. The third-order valence-corrected chi connectivity index (χ3v) is 2.46. The van der Waals surface area contributed by atoms with Crippen LogP contribution in [0.1, 0.15) is 25.5 Å². The fourth-order valence-corrected chi connectivity index (χ4v) is 1.56. The lowest BCUT2D eigenvalue weighted by atomic mass is 10.3. The van der Waals surface area contributed by atoms with Crippen LogP contribution >= 0.6 is 11.6 Å². The fraction of sp³-hybridized carbons (Fsp3) is 0.545. The predicted molar refractivity (Wildman–Crippen MR) is 66.4 cm³/mol. The van der Waals surface area contributed by atoms with E-state index in [1.165, 1.54) is 6.20 Å². The zero-order valence-electron chi connectivity index (χ0n) is 9.90. The lowest BCUT2D eigenvalue weighted by molar-refractivity contribution is -0.119. The number of unbranched alkanes of at least 4 members (excludes halogenated alkanes) is 1. The average molecular weight is 257 g/mol. The van der Waals surface area contributed by atoms with Crippen molar-refractivity contribution in [3.63, 3.8) is 0 Å². The lowest BCUT2D eigenvalue weighted by Crippen LogP contribution is -2.34. The number of amides is 1. The quantitative estimate of drug-likeness (QED) is 0.796. The van der Waals surface area contributed by atoms with Crippen molar-refractivity contribution in [2.45, 2.75) is 26.3 Å². The number of hydrogen-bond donors (Lipinski definition) is 1. The third kappa shape index (κ3) is 5.60. The Labute approximate surface area is 106 Å². The second-order valence-corrected chi connectivity index (χ2v) is 4.25. The van der Waals surface area contributed by atoms with Gasteiger partial charge in [0.1, 0.15) is 5.15 Å². The molecule has 1 heterocycles. The molecule has 6 heteroatoms. The van der Waals surface area contributed by atoms with Crippen LogP contribution < -0.4 is 5.73 Å². The molecule has 0 unspecified atom stereocenters. The Hall–Kier alpha value is -1.20. The van der Waals surface area contributed by atoms with Crippen LogP contribution in [0.15, 0.2) is 12.4 Å². The van der Waals surface area contributed by atoms with E-state index in [2.05, 4.69) is 16.9 Å². The van der Waals surface area contributed by atoms with E-state index < -0.39 is 0 Å². The Morgan fingerprint density at radius 3 is 2.76 bits per heavy atom. The number of aromatic nitrogens is 2. The number of hydrogen-bond acceptors (Lipinski definition) is 4. The van der Waals surface area contributed by atoms with Gasteiger partial charge in [0.2, 0.25) is 5.91 Å². The third-order valence-electron chi connectivity index (χ3n) is 2.27. The number of carbonyl (C=O) groups is 1. The highest BCUT2D eigenvalue weighted by atomic mass is 35.5. The van der Waals surface area contributed by atoms with Crippen molar-refractivity contribution in [3.8, 4) is 0 Å². The number of primary amides is 1. The Morgan fingerprint density at radius 1 is 1.47 bits per heavy atom. The molecule has 0 spiro atoms. The lowest BCUT2D eigenvalue weighted by Gasteiger charge is -2.19. The SMILES string of the molecule is CCCCN(CC(N)=O)Cc1cnc(Cl)cn1. The maximum atomic E-state index is 10.9. The Balaban J connectivity index is 2.57. The van der Waals surface area contributed by atoms with Crippen molar-refractivity contribution in [1.82, 2.24) is 14.9 Å². The summed E-state index contributed by atoms with van der Waals surface area (Å²) < 4.78 is 0. The molecular weight excluding hydrogens is 240 g/mol. The normalized spacial score (nSPS) is 10.8. The van der Waals surface area contributed by atoms with E-state index in [1.54, 1.807) is 6.20 Å². The van der Waals surface area contributed by atoms with Crippen molar-refractivity contribution >= 4 is 17.5 Å². The first-order valence-corrected chi connectivity index (χ1v) is 5.96. The molecule has 1 aromatic rings. The van der Waals surface area contributed by atoms with Crippen LogP contribution in [0.2, 0.25) is 5.15 Å². The molecule has 17 heavy (non-hydrogen) atoms. The van der Waals surface area contributed by atoms with Crippen LogP contribution in [-0.4, -0.2) is 33.9 Å². The van der Waals surface area contributed by atoms with E-state index >= 15 is 0 Å². The summed E-state index contributed by atoms with van der Waals surface area (Å²) in [7, 11) is 0. The minimum absolute atomic E-state index is 0.240. The topological polar surface area (TPSA) is 72.1 Å². The number of rotatable bonds is 7. The molecule has 0 aliphatic heterocycles. The molecule has 0 saturated carbocycles. The summed E-state index contributed by atoms with van der Waals surface area (Å²) in [4.78, 5) is 21.0. The van der Waals surface area contributed by atoms with Crippen LogP contribution in [0.3, 0.4) is 0 Å². The number of nitrogens with zero attached hydrogens (tertiary/aromatic N) is 3. The zero-order valence-corrected chi connectivity index (χ0v) is 10.7. The van der Waals surface area contributed by atoms with Gasteiger partial charge in [-0.15, -0.1) is 0 Å². The van der Waals surface area contributed by atoms with Crippen molar-refractivity contribution in [2.75, 3.05) is 13.1 Å². The molecule has 5 nitrogen and oxygen atoms in total. The minimum atomic E-state index is -0.331. The van der Waals surface area contributed by atoms with Crippen LogP contribution in [0.4, 0.5) is 0 Å². The van der Waals surface area contributed by atoms with Crippen molar-refractivity contribution in [3.05, 3.63) is 23.2 Å². The summed E-state index contributed by atoms with van der Waals surface area (Å²) in [5.41, 5.74) is 5.99. The van der Waals surface area contributed by atoms with Crippen LogP contribution in [0.5, 0.6) is 0 Å². The predicted octanol–water partition coefficient (Wildman–Crippen LogP) is 1.22. The summed E-state index contributed by atoms with van der Waals surface area (Å²) in [5.74, 6) is -0.331. The summed E-state index contributed by atoms with van der Waals surface area (Å²) >= 11 is 5.65. The first-order valence-electron chi connectivity index (χ1n) is 5.59. The van der Waals surface area contributed by atoms with E-state index in [4.69, 9.17) is 17.3 Å². The standard InChI is InChI=1S/C11H17ClN4O/c1-2-3-4-16(8-11(13)17)7-9-5-15-10(12)6-14-9/h5-6H,2-4,7-8H2,1H3,(H2,13,17). The van der Waals surface area contributed by atoms with Gasteiger partial charge in [-0.3, -0.25) is 14.7 Å². The number of halogens is 1. The summed E-state index contributed by atoms with van der Waals surface area (Å²) in [6.07, 6.45) is 5.21. The second-order valence-electron chi connectivity index (χ2n) is 3.86. The smallest absolute Gasteiger partial charge is 0.231 e. The maximum absolute atomic E-state index is 10.9. The molecular formula is C11H17ClN4O. The molecule has 0 aliphatic carbocycles. The van der Waals surface area contributed by atoms with Crippen LogP contribution in [0, 0.1) is 0 Å². The average Bonchev–Trinajstić information content (AvgIpc) is 2.28. The van der Waals surface area contributed by atoms with Crippen molar-refractivity contribution in [2.24, 2.45) is 5.73 Å². The summed E-state index contributed by atoms with van der Waals surface area (Å²) in [5, 5.41) is 0.365. The summed E-state index contributed by atoms with van der Waals surface area (Å²) in [6, 6.07) is 0. The van der Waals surface area contributed by atoms with E-state index in [1.807, 2.05) is 4.90 Å². The van der Waals surface area contributed by atoms with Gasteiger partial charge in [-0.05, 0) is 13.0 Å². The molecule has 0 fully saturated rings. The Morgan fingerprint density at radius 2 is 2.24 bits per heavy atom. The molecule has 0 aromatic carbocycles. The Kier molecular flexibility index (Phi) is 5.86. The molecule has 2 N–H and O–H groups in total. The Bertz CT molecular complexity index is 355. The molecule has 1 amide bonds. The van der Waals surface area contributed by atoms with E-state index in [0.717, 1.165) is 25.1 Å². The first kappa shape index (κ1) is 13.9. The van der Waals surface area contributed by atoms with Gasteiger partial charge in [0.05, 0.1) is 24.6 Å². The van der Waals surface area contributed by atoms with E-state index in [0.29, 0.717) is 11.7 Å². The minimum Gasteiger partial charge on any atom is -0.369 e. The molecule has 0 radical (unpaired) electrons. The molecule has 94 valence electrons. The first-order chi connectivity index (χ1) is 8.11. The van der Waals surface area contributed by atoms with Gasteiger partial charge in [-0.2, -0.15) is 0 Å². The monoisotopic (exact) mass is 256 g/mol. The van der Waals surface area contributed by atoms with Crippen molar-refractivity contribution < 1.29 is 4.79 Å². The number of nitrogens with two attached hydrogens (primary N) is 1. The van der Waals surface area contributed by atoms with Gasteiger partial charge in [-0.1, -0.05) is 24.9 Å². The van der Waals surface area contributed by atoms with Gasteiger partial charge in [0, 0.05) is 6.54 Å². The molecule has 0 bridgehead atoms. The van der Waals surface area contributed by atoms with Gasteiger partial charge < -0.3 is 5.73 Å². The molecule has 0 aliphatic rings. The molecule has 0 saturated heterocycles. The van der Waals surface area contributed by atoms with Gasteiger partial charge >= 0.3 is 0 Å². The van der Waals surface area contributed by atoms with E-state index in [-0.39, 0.29) is 12.5 Å². The summed E-state index contributed by atoms with van der Waals surface area (Å²) in [6.45, 7) is 3.73. The maximum Gasteiger partial charge on any atom is 0.231 e. The van der Waals surface area contributed by atoms with Gasteiger partial charge in [0.15, 0.2) is 0 Å². The van der Waals surface area contributed by atoms with Crippen molar-refractivity contribution in [1.29, 1.82) is 0 Å². The fourth-order valence-electron chi connectivity index (χ4n) is 1.47. The highest BCUT2D eigenvalue weighted by Crippen LogP contribution is 2.05. The highest BCUT2D eigenvalue weighted by molar-refractivity contribution is 6.29. The van der Waals surface area contributed by atoms with E-state index in [9.17, 15) is 4.79 Å².